The average Bonchev–Trinajstić information content (AvgIpc) is 2.33. The van der Waals surface area contributed by atoms with Gasteiger partial charge in [-0.15, -0.1) is 0 Å². The number of aromatic nitrogens is 1. The van der Waals surface area contributed by atoms with Crippen LogP contribution in [0.2, 0.25) is 0 Å². The highest BCUT2D eigenvalue weighted by molar-refractivity contribution is 8.78. The Morgan fingerprint density at radius 3 is 2.63 bits per heavy atom. The standard InChI is InChI=1S/C10H13NO5S3/c1-7(10(12)13)6-9(19(14,15)16)18-17-8-4-2-3-5-11-8/h2-5,7,9H,6H2,1H3,(H,12,13)(H,14,15,16). The highest BCUT2D eigenvalue weighted by atomic mass is 33.1. The van der Waals surface area contributed by atoms with Gasteiger partial charge in [-0.3, -0.25) is 9.35 Å². The molecule has 0 saturated heterocycles. The molecular weight excluding hydrogens is 310 g/mol. The van der Waals surface area contributed by atoms with Crippen molar-refractivity contribution >= 4 is 37.7 Å². The lowest BCUT2D eigenvalue weighted by Gasteiger charge is -2.14. The van der Waals surface area contributed by atoms with Crippen molar-refractivity contribution in [1.82, 2.24) is 4.98 Å². The zero-order valence-electron chi connectivity index (χ0n) is 9.96. The number of rotatable bonds is 7. The topological polar surface area (TPSA) is 105 Å². The summed E-state index contributed by atoms with van der Waals surface area (Å²) in [4.78, 5) is 14.7. The number of aliphatic carboxylic acids is 1. The highest BCUT2D eigenvalue weighted by Gasteiger charge is 2.29. The van der Waals surface area contributed by atoms with Gasteiger partial charge < -0.3 is 5.11 Å². The van der Waals surface area contributed by atoms with Gasteiger partial charge in [0, 0.05) is 6.20 Å². The van der Waals surface area contributed by atoms with Crippen molar-refractivity contribution in [3.8, 4) is 0 Å². The number of carboxylic acids is 1. The van der Waals surface area contributed by atoms with Crippen molar-refractivity contribution in [2.45, 2.75) is 23.0 Å². The molecule has 2 N–H and O–H groups in total. The zero-order chi connectivity index (χ0) is 14.5. The van der Waals surface area contributed by atoms with Crippen molar-refractivity contribution < 1.29 is 22.9 Å². The summed E-state index contributed by atoms with van der Waals surface area (Å²) in [6, 6.07) is 5.17. The van der Waals surface area contributed by atoms with Crippen molar-refractivity contribution in [3.63, 3.8) is 0 Å². The normalized spacial score (nSPS) is 14.8. The predicted molar refractivity (Wildman–Crippen MR) is 74.4 cm³/mol. The first-order valence-corrected chi connectivity index (χ1v) is 8.96. The summed E-state index contributed by atoms with van der Waals surface area (Å²) in [5.74, 6) is -1.96. The summed E-state index contributed by atoms with van der Waals surface area (Å²) in [6.07, 6.45) is 1.39. The maximum absolute atomic E-state index is 11.2. The van der Waals surface area contributed by atoms with Crippen molar-refractivity contribution in [1.29, 1.82) is 0 Å². The Balaban J connectivity index is 2.69. The minimum Gasteiger partial charge on any atom is -0.481 e. The molecule has 1 aromatic heterocycles. The molecule has 0 radical (unpaired) electrons. The van der Waals surface area contributed by atoms with E-state index in [0.29, 0.717) is 5.03 Å². The Morgan fingerprint density at radius 2 is 2.16 bits per heavy atom. The molecule has 1 rings (SSSR count). The maximum Gasteiger partial charge on any atom is 0.306 e. The van der Waals surface area contributed by atoms with E-state index in [4.69, 9.17) is 9.66 Å². The Labute approximate surface area is 119 Å². The smallest absolute Gasteiger partial charge is 0.306 e. The van der Waals surface area contributed by atoms with E-state index in [1.54, 1.807) is 24.4 Å². The molecule has 2 atom stereocenters. The lowest BCUT2D eigenvalue weighted by molar-refractivity contribution is -0.141. The third kappa shape index (κ3) is 5.81. The molecule has 0 spiro atoms. The third-order valence-electron chi connectivity index (χ3n) is 2.18. The zero-order valence-corrected chi connectivity index (χ0v) is 12.4. The van der Waals surface area contributed by atoms with Crippen LogP contribution in [0.4, 0.5) is 0 Å². The Hall–Kier alpha value is -0.770. The minimum atomic E-state index is -4.31. The van der Waals surface area contributed by atoms with Gasteiger partial charge in [0.1, 0.15) is 9.61 Å². The second-order valence-corrected chi connectivity index (χ2v) is 8.09. The first kappa shape index (κ1) is 16.3. The quantitative estimate of drug-likeness (QED) is 0.581. The Kier molecular flexibility index (Phi) is 6.11. The number of hydrogen-bond acceptors (Lipinski definition) is 6. The van der Waals surface area contributed by atoms with E-state index in [1.807, 2.05) is 0 Å². The van der Waals surface area contributed by atoms with Crippen LogP contribution in [0.3, 0.4) is 0 Å². The van der Waals surface area contributed by atoms with Crippen LogP contribution in [0.15, 0.2) is 29.4 Å². The van der Waals surface area contributed by atoms with Crippen LogP contribution < -0.4 is 0 Å². The summed E-state index contributed by atoms with van der Waals surface area (Å²) in [5.41, 5.74) is 0. The number of nitrogens with zero attached hydrogens (tertiary/aromatic N) is 1. The van der Waals surface area contributed by atoms with Gasteiger partial charge in [-0.1, -0.05) is 23.8 Å². The second-order valence-electron chi connectivity index (χ2n) is 3.77. The predicted octanol–water partition coefficient (Wildman–Crippen LogP) is 2.15. The molecule has 0 aliphatic rings. The van der Waals surface area contributed by atoms with Crippen LogP contribution in [-0.4, -0.2) is 33.6 Å². The van der Waals surface area contributed by atoms with E-state index in [-0.39, 0.29) is 6.42 Å². The van der Waals surface area contributed by atoms with Crippen LogP contribution in [0, 0.1) is 5.92 Å². The first-order valence-electron chi connectivity index (χ1n) is 5.24. The molecule has 1 heterocycles. The maximum atomic E-state index is 11.2. The molecule has 0 aliphatic heterocycles. The summed E-state index contributed by atoms with van der Waals surface area (Å²) in [7, 11) is -2.35. The molecule has 6 nitrogen and oxygen atoms in total. The summed E-state index contributed by atoms with van der Waals surface area (Å²) < 4.78 is 30.3. The first-order chi connectivity index (χ1) is 8.80. The van der Waals surface area contributed by atoms with E-state index in [9.17, 15) is 13.2 Å². The van der Waals surface area contributed by atoms with E-state index >= 15 is 0 Å². The van der Waals surface area contributed by atoms with E-state index < -0.39 is 26.6 Å². The molecular formula is C10H13NO5S3. The molecule has 2 unspecified atom stereocenters. The Bertz CT molecular complexity index is 519. The molecule has 9 heteroatoms. The van der Waals surface area contributed by atoms with Gasteiger partial charge in [0.25, 0.3) is 10.1 Å². The molecule has 19 heavy (non-hydrogen) atoms. The molecule has 1 aromatic rings. The van der Waals surface area contributed by atoms with Gasteiger partial charge in [0.15, 0.2) is 0 Å². The molecule has 0 saturated carbocycles. The van der Waals surface area contributed by atoms with Gasteiger partial charge >= 0.3 is 5.97 Å². The van der Waals surface area contributed by atoms with Crippen molar-refractivity contribution in [3.05, 3.63) is 24.4 Å². The van der Waals surface area contributed by atoms with Gasteiger partial charge in [0.2, 0.25) is 0 Å². The summed E-state index contributed by atoms with van der Waals surface area (Å²) >= 11 is 0. The van der Waals surface area contributed by atoms with Crippen LogP contribution in [0.1, 0.15) is 13.3 Å². The van der Waals surface area contributed by atoms with Gasteiger partial charge in [-0.25, -0.2) is 4.98 Å². The van der Waals surface area contributed by atoms with E-state index in [2.05, 4.69) is 4.98 Å². The van der Waals surface area contributed by atoms with E-state index in [1.165, 1.54) is 6.92 Å². The molecule has 0 aliphatic carbocycles. The number of carbonyl (C=O) groups is 1. The average molecular weight is 323 g/mol. The lowest BCUT2D eigenvalue weighted by Crippen LogP contribution is -2.22. The van der Waals surface area contributed by atoms with Crippen LogP contribution in [0.25, 0.3) is 0 Å². The fraction of sp³-hybridized carbons (Fsp3) is 0.400. The number of pyridine rings is 1. The van der Waals surface area contributed by atoms with Gasteiger partial charge in [0.05, 0.1) is 5.92 Å². The van der Waals surface area contributed by atoms with Crippen LogP contribution in [0.5, 0.6) is 0 Å². The molecule has 0 aromatic carbocycles. The van der Waals surface area contributed by atoms with Crippen molar-refractivity contribution in [2.24, 2.45) is 5.92 Å². The monoisotopic (exact) mass is 323 g/mol. The summed E-state index contributed by atoms with van der Waals surface area (Å²) in [6.45, 7) is 1.40. The highest BCUT2D eigenvalue weighted by Crippen LogP contribution is 2.37. The summed E-state index contributed by atoms with van der Waals surface area (Å²) in [5, 5.41) is 9.36. The number of carboxylic acid groups (broad SMARTS) is 1. The molecule has 0 fully saturated rings. The fourth-order valence-corrected chi connectivity index (χ4v) is 5.24. The van der Waals surface area contributed by atoms with Gasteiger partial charge in [-0.05, 0) is 29.3 Å². The number of hydrogen-bond donors (Lipinski definition) is 2. The van der Waals surface area contributed by atoms with E-state index in [0.717, 1.165) is 21.6 Å². The fourth-order valence-electron chi connectivity index (χ4n) is 1.10. The van der Waals surface area contributed by atoms with Crippen LogP contribution in [-0.2, 0) is 14.9 Å². The molecule has 0 amide bonds. The third-order valence-corrected chi connectivity index (χ3v) is 6.83. The minimum absolute atomic E-state index is 0.168. The van der Waals surface area contributed by atoms with Crippen LogP contribution >= 0.6 is 21.6 Å². The lowest BCUT2D eigenvalue weighted by atomic mass is 10.1. The molecule has 0 bridgehead atoms. The second kappa shape index (κ2) is 7.13. The molecule has 106 valence electrons. The van der Waals surface area contributed by atoms with Crippen molar-refractivity contribution in [2.75, 3.05) is 0 Å². The SMILES string of the molecule is CC(CC(SSc1ccccn1)S(=O)(=O)O)C(=O)O. The van der Waals surface area contributed by atoms with Gasteiger partial charge in [-0.2, -0.15) is 8.42 Å². The largest absolute Gasteiger partial charge is 0.481 e. The Morgan fingerprint density at radius 1 is 1.47 bits per heavy atom.